The van der Waals surface area contributed by atoms with Crippen LogP contribution in [0.5, 0.6) is 0 Å². The minimum absolute atomic E-state index is 0. The number of quaternary nitrogens is 2. The Morgan fingerprint density at radius 1 is 0.562 bits per heavy atom. The quantitative estimate of drug-likeness (QED) is 0.0774. The van der Waals surface area contributed by atoms with Crippen molar-refractivity contribution < 1.29 is 55.5 Å². The van der Waals surface area contributed by atoms with Gasteiger partial charge in [-0.05, 0) is 25.7 Å². The molecule has 0 aliphatic heterocycles. The van der Waals surface area contributed by atoms with E-state index >= 15 is 0 Å². The van der Waals surface area contributed by atoms with Gasteiger partial charge in [0.05, 0.1) is 55.4 Å². The SMILES string of the molecule is CCCCCCCCCCCCCC[N+](C)(C)C.CCCCCCCCCCCC[N+](C)(C)Cc1ccccc1.COS(=O)(=O)O.[Br-].[Cl-]. The molecule has 0 saturated heterocycles. The van der Waals surface area contributed by atoms with Gasteiger partial charge in [0.15, 0.2) is 0 Å². The van der Waals surface area contributed by atoms with Crippen LogP contribution >= 0.6 is 0 Å². The van der Waals surface area contributed by atoms with E-state index in [1.54, 1.807) is 0 Å². The second kappa shape index (κ2) is 36.6. The molecule has 0 spiro atoms. The molecule has 0 aliphatic rings. The molecule has 6 nitrogen and oxygen atoms in total. The van der Waals surface area contributed by atoms with Gasteiger partial charge >= 0.3 is 10.4 Å². The average molecular weight is 789 g/mol. The van der Waals surface area contributed by atoms with Crippen molar-refractivity contribution in [1.82, 2.24) is 0 Å². The van der Waals surface area contributed by atoms with Gasteiger partial charge in [-0.2, -0.15) is 8.42 Å². The third kappa shape index (κ3) is 47.9. The zero-order chi connectivity index (χ0) is 35.0. The molecule has 290 valence electrons. The van der Waals surface area contributed by atoms with Crippen LogP contribution in [0.4, 0.5) is 0 Å². The van der Waals surface area contributed by atoms with Crippen molar-refractivity contribution in [2.45, 2.75) is 162 Å². The molecule has 0 saturated carbocycles. The van der Waals surface area contributed by atoms with Crippen LogP contribution in [-0.2, 0) is 21.1 Å². The van der Waals surface area contributed by atoms with Crippen molar-refractivity contribution in [2.75, 3.05) is 55.4 Å². The molecule has 9 heteroatoms. The molecule has 0 radical (unpaired) electrons. The number of benzene rings is 1. The third-order valence-corrected chi connectivity index (χ3v) is 8.88. The summed E-state index contributed by atoms with van der Waals surface area (Å²) in [7, 11) is 8.30. The Kier molecular flexibility index (Phi) is 41.6. The van der Waals surface area contributed by atoms with Gasteiger partial charge in [-0.25, -0.2) is 0 Å². The first-order valence-electron chi connectivity index (χ1n) is 19.0. The first-order chi connectivity index (χ1) is 21.8. The molecular weight excluding hydrogens is 708 g/mol. The predicted molar refractivity (Wildman–Crippen MR) is 202 cm³/mol. The van der Waals surface area contributed by atoms with Gasteiger partial charge in [0, 0.05) is 5.56 Å². The summed E-state index contributed by atoms with van der Waals surface area (Å²) in [6, 6.07) is 10.9. The molecule has 0 aromatic heterocycles. The van der Waals surface area contributed by atoms with E-state index in [-0.39, 0.29) is 29.4 Å². The fourth-order valence-electron chi connectivity index (χ4n) is 5.61. The molecule has 0 amide bonds. The van der Waals surface area contributed by atoms with Crippen LogP contribution in [0.15, 0.2) is 30.3 Å². The van der Waals surface area contributed by atoms with E-state index in [9.17, 15) is 8.42 Å². The minimum atomic E-state index is -4.16. The van der Waals surface area contributed by atoms with E-state index in [4.69, 9.17) is 4.55 Å². The Hall–Kier alpha value is -0.220. The molecule has 0 fully saturated rings. The van der Waals surface area contributed by atoms with Crippen molar-refractivity contribution in [3.8, 4) is 0 Å². The molecule has 1 N–H and O–H groups in total. The van der Waals surface area contributed by atoms with Gasteiger partial charge in [0.1, 0.15) is 6.54 Å². The Morgan fingerprint density at radius 2 is 0.854 bits per heavy atom. The fraction of sp³-hybridized carbons (Fsp3) is 0.846. The third-order valence-electron chi connectivity index (χ3n) is 8.46. The van der Waals surface area contributed by atoms with Crippen molar-refractivity contribution in [1.29, 1.82) is 0 Å². The summed E-state index contributed by atoms with van der Waals surface area (Å²) in [5, 5.41) is 0. The average Bonchev–Trinajstić information content (AvgIpc) is 2.99. The second-order valence-electron chi connectivity index (χ2n) is 15.0. The highest BCUT2D eigenvalue weighted by molar-refractivity contribution is 7.80. The Balaban J connectivity index is -0.000000337. The monoisotopic (exact) mass is 786 g/mol. The molecule has 0 atom stereocenters. The van der Waals surface area contributed by atoms with Crippen molar-refractivity contribution in [2.24, 2.45) is 0 Å². The number of rotatable bonds is 27. The lowest BCUT2D eigenvalue weighted by Gasteiger charge is -2.30. The summed E-state index contributed by atoms with van der Waals surface area (Å²) in [6.45, 7) is 8.36. The zero-order valence-corrected chi connectivity index (χ0v) is 36.0. The first-order valence-corrected chi connectivity index (χ1v) is 20.3. The smallest absolute Gasteiger partial charge is 0.397 e. The van der Waals surface area contributed by atoms with Gasteiger partial charge in [0.2, 0.25) is 0 Å². The van der Waals surface area contributed by atoms with Gasteiger partial charge in [-0.1, -0.05) is 160 Å². The van der Waals surface area contributed by atoms with Crippen LogP contribution in [0.25, 0.3) is 0 Å². The molecule has 0 bridgehead atoms. The van der Waals surface area contributed by atoms with E-state index in [2.05, 4.69) is 83.6 Å². The minimum Gasteiger partial charge on any atom is -1.00 e. The van der Waals surface area contributed by atoms with Crippen LogP contribution in [-0.4, -0.2) is 77.4 Å². The van der Waals surface area contributed by atoms with Crippen molar-refractivity contribution in [3.05, 3.63) is 35.9 Å². The van der Waals surface area contributed by atoms with Crippen LogP contribution in [0.3, 0.4) is 0 Å². The molecule has 48 heavy (non-hydrogen) atoms. The van der Waals surface area contributed by atoms with E-state index in [1.165, 1.54) is 160 Å². The maximum Gasteiger partial charge on any atom is 0.397 e. The van der Waals surface area contributed by atoms with Crippen molar-refractivity contribution in [3.63, 3.8) is 0 Å². The largest absolute Gasteiger partial charge is 1.00 e. The Morgan fingerprint density at radius 3 is 1.15 bits per heavy atom. The fourth-order valence-corrected chi connectivity index (χ4v) is 5.61. The van der Waals surface area contributed by atoms with Crippen LogP contribution in [0, 0.1) is 0 Å². The second-order valence-corrected chi connectivity index (χ2v) is 16.2. The number of unbranched alkanes of at least 4 members (excludes halogenated alkanes) is 20. The number of halogens is 2. The van der Waals surface area contributed by atoms with Crippen LogP contribution in [0.2, 0.25) is 0 Å². The highest BCUT2D eigenvalue weighted by atomic mass is 79.9. The lowest BCUT2D eigenvalue weighted by Crippen LogP contribution is -3.00. The molecule has 0 aliphatic carbocycles. The van der Waals surface area contributed by atoms with Crippen LogP contribution in [0.1, 0.15) is 161 Å². The zero-order valence-electron chi connectivity index (χ0n) is 32.8. The summed E-state index contributed by atoms with van der Waals surface area (Å²) >= 11 is 0. The van der Waals surface area contributed by atoms with E-state index < -0.39 is 10.4 Å². The number of hydrogen-bond donors (Lipinski definition) is 1. The Bertz CT molecular complexity index is 868. The molecule has 0 heterocycles. The predicted octanol–water partition coefficient (Wildman–Crippen LogP) is 5.02. The summed E-state index contributed by atoms with van der Waals surface area (Å²) < 4.78 is 31.9. The van der Waals surface area contributed by atoms with E-state index in [1.807, 2.05) is 0 Å². The Labute approximate surface area is 317 Å². The van der Waals surface area contributed by atoms with E-state index in [0.29, 0.717) is 0 Å². The van der Waals surface area contributed by atoms with Gasteiger partial charge < -0.3 is 38.4 Å². The lowest BCUT2D eigenvalue weighted by molar-refractivity contribution is -0.903. The lowest BCUT2D eigenvalue weighted by atomic mass is 10.1. The maximum absolute atomic E-state index is 9.33. The topological polar surface area (TPSA) is 63.6 Å². The first kappa shape index (κ1) is 54.6. The molecule has 1 aromatic carbocycles. The standard InChI is InChI=1S/C21H38N.C17H38N.CH4O4S.BrH.ClH/c1-4-5-6-7-8-9-10-11-12-16-19-22(2,3)20-21-17-14-13-15-18-21;1-5-6-7-8-9-10-11-12-13-14-15-16-17-18(2,3)4;1-5-6(2,3)4;;/h13-15,17-18H,4-12,16,19-20H2,1-3H3;5-17H2,1-4H3;1H3,(H,2,3,4);2*1H/q2*+1;;;/p-2. The number of hydrogen-bond acceptors (Lipinski definition) is 3. The molecule has 1 aromatic rings. The molecular formula is C39H80BrClN2O4S. The summed E-state index contributed by atoms with van der Waals surface area (Å²) in [4.78, 5) is 0. The summed E-state index contributed by atoms with van der Waals surface area (Å²) in [5.41, 5.74) is 1.46. The van der Waals surface area contributed by atoms with Gasteiger partial charge in [-0.15, -0.1) is 0 Å². The van der Waals surface area contributed by atoms with Gasteiger partial charge in [0.25, 0.3) is 0 Å². The number of nitrogens with zero attached hydrogens (tertiary/aromatic N) is 2. The van der Waals surface area contributed by atoms with E-state index in [0.717, 1.165) is 22.6 Å². The highest BCUT2D eigenvalue weighted by Gasteiger charge is 2.14. The van der Waals surface area contributed by atoms with Crippen LogP contribution < -0.4 is 29.4 Å². The van der Waals surface area contributed by atoms with Crippen molar-refractivity contribution >= 4 is 10.4 Å². The highest BCUT2D eigenvalue weighted by Crippen LogP contribution is 2.15. The maximum atomic E-state index is 9.33. The normalized spacial score (nSPS) is 11.4. The molecule has 1 rings (SSSR count). The summed E-state index contributed by atoms with van der Waals surface area (Å²) in [5.74, 6) is 0. The summed E-state index contributed by atoms with van der Waals surface area (Å²) in [6.07, 6.45) is 31.6. The molecule has 0 unspecified atom stereocenters. The van der Waals surface area contributed by atoms with Gasteiger partial charge in [-0.3, -0.25) is 8.74 Å².